The van der Waals surface area contributed by atoms with Gasteiger partial charge in [-0.25, -0.2) is 9.97 Å². The van der Waals surface area contributed by atoms with Crippen molar-refractivity contribution in [1.29, 1.82) is 0 Å². The minimum atomic E-state index is 0.760. The normalized spacial score (nSPS) is 10.3. The van der Waals surface area contributed by atoms with E-state index in [0.717, 1.165) is 35.1 Å². The number of anilines is 1. The average Bonchev–Trinajstić information content (AvgIpc) is 2.45. The number of nitrogens with one attached hydrogen (secondary N) is 1. The van der Waals surface area contributed by atoms with Gasteiger partial charge in [-0.05, 0) is 37.1 Å². The predicted octanol–water partition coefficient (Wildman–Crippen LogP) is 3.06. The summed E-state index contributed by atoms with van der Waals surface area (Å²) in [5.41, 5.74) is 3.19. The Balaban J connectivity index is 2.49. The average molecular weight is 257 g/mol. The maximum absolute atomic E-state index is 5.35. The third-order valence-corrected chi connectivity index (χ3v) is 3.05. The summed E-state index contributed by atoms with van der Waals surface area (Å²) in [5.74, 6) is 2.51. The van der Waals surface area contributed by atoms with E-state index in [9.17, 15) is 0 Å². The Kier molecular flexibility index (Phi) is 4.00. The molecule has 0 aliphatic heterocycles. The van der Waals surface area contributed by atoms with Gasteiger partial charge in [-0.15, -0.1) is 0 Å². The predicted molar refractivity (Wildman–Crippen MR) is 77.7 cm³/mol. The van der Waals surface area contributed by atoms with Crippen LogP contribution in [0.25, 0.3) is 11.3 Å². The molecule has 19 heavy (non-hydrogen) atoms. The van der Waals surface area contributed by atoms with Crippen molar-refractivity contribution in [3.63, 3.8) is 0 Å². The molecule has 2 rings (SSSR count). The number of aryl methyl sites for hydroxylation is 2. The molecule has 0 atom stereocenters. The monoisotopic (exact) mass is 257 g/mol. The first-order valence-corrected chi connectivity index (χ1v) is 6.38. The van der Waals surface area contributed by atoms with E-state index in [0.29, 0.717) is 0 Å². The van der Waals surface area contributed by atoms with Gasteiger partial charge >= 0.3 is 0 Å². The molecule has 100 valence electrons. The maximum atomic E-state index is 5.35. The lowest BCUT2D eigenvalue weighted by Crippen LogP contribution is -1.99. The number of rotatable bonds is 4. The number of nitrogens with zero attached hydrogens (tertiary/aromatic N) is 2. The number of benzene rings is 1. The molecule has 1 aromatic carbocycles. The van der Waals surface area contributed by atoms with Gasteiger partial charge in [-0.2, -0.15) is 0 Å². The summed E-state index contributed by atoms with van der Waals surface area (Å²) in [4.78, 5) is 8.80. The third-order valence-electron chi connectivity index (χ3n) is 3.05. The third kappa shape index (κ3) is 2.84. The van der Waals surface area contributed by atoms with Crippen molar-refractivity contribution < 1.29 is 4.74 Å². The van der Waals surface area contributed by atoms with Crippen LogP contribution in [0.15, 0.2) is 24.3 Å². The molecule has 0 amide bonds. The second-order valence-electron chi connectivity index (χ2n) is 4.32. The van der Waals surface area contributed by atoms with E-state index in [-0.39, 0.29) is 0 Å². The number of aromatic nitrogens is 2. The van der Waals surface area contributed by atoms with Crippen LogP contribution >= 0.6 is 0 Å². The molecule has 4 nitrogen and oxygen atoms in total. The molecule has 0 saturated heterocycles. The van der Waals surface area contributed by atoms with Crippen LogP contribution in [0.1, 0.15) is 18.3 Å². The first-order valence-electron chi connectivity index (χ1n) is 6.38. The minimum absolute atomic E-state index is 0.760. The van der Waals surface area contributed by atoms with E-state index < -0.39 is 0 Å². The number of hydrogen-bond donors (Lipinski definition) is 1. The zero-order valence-electron chi connectivity index (χ0n) is 11.8. The molecule has 1 heterocycles. The van der Waals surface area contributed by atoms with E-state index in [1.54, 1.807) is 7.11 Å². The van der Waals surface area contributed by atoms with Crippen molar-refractivity contribution in [3.05, 3.63) is 35.7 Å². The van der Waals surface area contributed by atoms with Crippen LogP contribution < -0.4 is 10.1 Å². The van der Waals surface area contributed by atoms with Crippen molar-refractivity contribution >= 4 is 5.82 Å². The number of hydrogen-bond acceptors (Lipinski definition) is 4. The first kappa shape index (κ1) is 13.3. The van der Waals surface area contributed by atoms with E-state index in [2.05, 4.69) is 28.3 Å². The van der Waals surface area contributed by atoms with Crippen LogP contribution in [0.4, 0.5) is 5.82 Å². The molecule has 4 heteroatoms. The van der Waals surface area contributed by atoms with E-state index in [1.807, 2.05) is 32.2 Å². The van der Waals surface area contributed by atoms with Gasteiger partial charge in [0.15, 0.2) is 0 Å². The Morgan fingerprint density at radius 3 is 2.63 bits per heavy atom. The second-order valence-corrected chi connectivity index (χ2v) is 4.32. The lowest BCUT2D eigenvalue weighted by molar-refractivity contribution is 0.410. The quantitative estimate of drug-likeness (QED) is 0.914. The van der Waals surface area contributed by atoms with Gasteiger partial charge in [0.05, 0.1) is 12.8 Å². The summed E-state index contributed by atoms with van der Waals surface area (Å²) >= 11 is 0. The zero-order valence-corrected chi connectivity index (χ0v) is 11.8. The molecule has 0 unspecified atom stereocenters. The molecule has 0 fully saturated rings. The Morgan fingerprint density at radius 2 is 2.00 bits per heavy atom. The molecule has 1 aromatic heterocycles. The molecule has 1 N–H and O–H groups in total. The summed E-state index contributed by atoms with van der Waals surface area (Å²) in [6, 6.07) is 8.10. The highest BCUT2D eigenvalue weighted by Gasteiger charge is 2.07. The van der Waals surface area contributed by atoms with Gasteiger partial charge in [0.2, 0.25) is 0 Å². The van der Waals surface area contributed by atoms with E-state index in [4.69, 9.17) is 4.74 Å². The van der Waals surface area contributed by atoms with Gasteiger partial charge in [-0.1, -0.05) is 6.92 Å². The van der Waals surface area contributed by atoms with Crippen molar-refractivity contribution in [2.75, 3.05) is 19.5 Å². The summed E-state index contributed by atoms with van der Waals surface area (Å²) in [5, 5.41) is 3.05. The molecule has 0 aliphatic carbocycles. The van der Waals surface area contributed by atoms with Crippen LogP contribution in [-0.4, -0.2) is 24.1 Å². The summed E-state index contributed by atoms with van der Waals surface area (Å²) in [6.07, 6.45) is 0.931. The molecule has 0 radical (unpaired) electrons. The Hall–Kier alpha value is -2.10. The highest BCUT2D eigenvalue weighted by molar-refractivity contribution is 5.64. The molecule has 0 aliphatic rings. The second kappa shape index (κ2) is 5.69. The summed E-state index contributed by atoms with van der Waals surface area (Å²) in [7, 11) is 3.55. The smallest absolute Gasteiger partial charge is 0.130 e. The van der Waals surface area contributed by atoms with Crippen molar-refractivity contribution in [2.24, 2.45) is 0 Å². The molecule has 0 saturated carbocycles. The Labute approximate surface area is 113 Å². The largest absolute Gasteiger partial charge is 0.496 e. The highest BCUT2D eigenvalue weighted by Crippen LogP contribution is 2.27. The van der Waals surface area contributed by atoms with Gasteiger partial charge in [0.1, 0.15) is 17.4 Å². The van der Waals surface area contributed by atoms with Crippen LogP contribution in [0.5, 0.6) is 5.75 Å². The van der Waals surface area contributed by atoms with E-state index in [1.165, 1.54) is 5.56 Å². The molecule has 2 aromatic rings. The lowest BCUT2D eigenvalue weighted by Gasteiger charge is -2.10. The van der Waals surface area contributed by atoms with Crippen molar-refractivity contribution in [1.82, 2.24) is 9.97 Å². The van der Waals surface area contributed by atoms with Crippen LogP contribution in [-0.2, 0) is 6.42 Å². The molecular weight excluding hydrogens is 238 g/mol. The standard InChI is InChI=1S/C15H19N3O/c1-5-11-8-12(6-7-14(11)19-4)13-9-15(16-3)18-10(2)17-13/h6-9H,5H2,1-4H3,(H,16,17,18). The fourth-order valence-electron chi connectivity index (χ4n) is 2.06. The fraction of sp³-hybridized carbons (Fsp3) is 0.333. The van der Waals surface area contributed by atoms with Crippen LogP contribution in [0, 0.1) is 6.92 Å². The molecule has 0 spiro atoms. The van der Waals surface area contributed by atoms with Gasteiger partial charge < -0.3 is 10.1 Å². The van der Waals surface area contributed by atoms with Crippen molar-refractivity contribution in [2.45, 2.75) is 20.3 Å². The Morgan fingerprint density at radius 1 is 1.21 bits per heavy atom. The highest BCUT2D eigenvalue weighted by atomic mass is 16.5. The van der Waals surface area contributed by atoms with Crippen LogP contribution in [0.2, 0.25) is 0 Å². The SMILES string of the molecule is CCc1cc(-c2cc(NC)nc(C)n2)ccc1OC. The van der Waals surface area contributed by atoms with Gasteiger partial charge in [0, 0.05) is 18.7 Å². The number of methoxy groups -OCH3 is 1. The van der Waals surface area contributed by atoms with Gasteiger partial charge in [0.25, 0.3) is 0 Å². The Bertz CT molecular complexity index is 582. The summed E-state index contributed by atoms with van der Waals surface area (Å²) < 4.78 is 5.35. The summed E-state index contributed by atoms with van der Waals surface area (Å²) in [6.45, 7) is 4.01. The molecule has 0 bridgehead atoms. The topological polar surface area (TPSA) is 47.0 Å². The van der Waals surface area contributed by atoms with E-state index >= 15 is 0 Å². The van der Waals surface area contributed by atoms with Gasteiger partial charge in [-0.3, -0.25) is 0 Å². The number of ether oxygens (including phenoxy) is 1. The maximum Gasteiger partial charge on any atom is 0.130 e. The minimum Gasteiger partial charge on any atom is -0.496 e. The zero-order chi connectivity index (χ0) is 13.8. The fourth-order valence-corrected chi connectivity index (χ4v) is 2.06. The first-order chi connectivity index (χ1) is 9.17. The van der Waals surface area contributed by atoms with Crippen LogP contribution in [0.3, 0.4) is 0 Å². The molecular formula is C15H19N3O. The van der Waals surface area contributed by atoms with Crippen molar-refractivity contribution in [3.8, 4) is 17.0 Å². The lowest BCUT2D eigenvalue weighted by atomic mass is 10.0.